The van der Waals surface area contributed by atoms with E-state index in [4.69, 9.17) is 11.6 Å². The molecule has 0 heterocycles. The SMILES string of the molecule is CC(C)NC(=O)C1=C(C(=O)Nc2ccc(Cl)cc2F)CCCC1. The summed E-state index contributed by atoms with van der Waals surface area (Å²) in [6.45, 7) is 3.73. The zero-order valence-corrected chi connectivity index (χ0v) is 14.0. The molecule has 1 aliphatic carbocycles. The lowest BCUT2D eigenvalue weighted by atomic mass is 9.90. The van der Waals surface area contributed by atoms with E-state index < -0.39 is 11.7 Å². The average molecular weight is 339 g/mol. The van der Waals surface area contributed by atoms with Crippen molar-refractivity contribution in [3.05, 3.63) is 40.2 Å². The summed E-state index contributed by atoms with van der Waals surface area (Å²) in [6.07, 6.45) is 2.78. The van der Waals surface area contributed by atoms with E-state index in [0.717, 1.165) is 18.9 Å². The van der Waals surface area contributed by atoms with E-state index in [9.17, 15) is 14.0 Å². The van der Waals surface area contributed by atoms with E-state index in [0.29, 0.717) is 24.0 Å². The zero-order valence-electron chi connectivity index (χ0n) is 13.2. The third-order valence-corrected chi connectivity index (χ3v) is 3.85. The Labute approximate surface area is 140 Å². The fourth-order valence-electron chi connectivity index (χ4n) is 2.54. The quantitative estimate of drug-likeness (QED) is 0.877. The van der Waals surface area contributed by atoms with Gasteiger partial charge in [-0.3, -0.25) is 9.59 Å². The van der Waals surface area contributed by atoms with Gasteiger partial charge in [-0.1, -0.05) is 11.6 Å². The molecule has 0 aromatic heterocycles. The highest BCUT2D eigenvalue weighted by molar-refractivity contribution is 6.30. The van der Waals surface area contributed by atoms with Crippen LogP contribution >= 0.6 is 11.6 Å². The molecule has 4 nitrogen and oxygen atoms in total. The van der Waals surface area contributed by atoms with E-state index in [1.54, 1.807) is 0 Å². The smallest absolute Gasteiger partial charge is 0.252 e. The molecular formula is C17H20ClFN2O2. The van der Waals surface area contributed by atoms with Crippen LogP contribution in [-0.4, -0.2) is 17.9 Å². The first-order valence-electron chi connectivity index (χ1n) is 7.67. The molecule has 23 heavy (non-hydrogen) atoms. The van der Waals surface area contributed by atoms with Crippen LogP contribution in [0.2, 0.25) is 5.02 Å². The maximum Gasteiger partial charge on any atom is 0.252 e. The van der Waals surface area contributed by atoms with Gasteiger partial charge in [-0.15, -0.1) is 0 Å². The Morgan fingerprint density at radius 3 is 2.30 bits per heavy atom. The molecule has 0 spiro atoms. The molecule has 2 rings (SSSR count). The molecule has 0 aliphatic heterocycles. The molecule has 1 aromatic carbocycles. The summed E-state index contributed by atoms with van der Waals surface area (Å²) < 4.78 is 13.8. The number of rotatable bonds is 4. The summed E-state index contributed by atoms with van der Waals surface area (Å²) in [5, 5.41) is 5.61. The zero-order chi connectivity index (χ0) is 17.0. The van der Waals surface area contributed by atoms with Gasteiger partial charge in [0.25, 0.3) is 5.91 Å². The minimum absolute atomic E-state index is 0.00468. The Kier molecular flexibility index (Phi) is 5.77. The van der Waals surface area contributed by atoms with Gasteiger partial charge in [-0.25, -0.2) is 4.39 Å². The molecule has 1 aromatic rings. The molecule has 0 saturated heterocycles. The van der Waals surface area contributed by atoms with Gasteiger partial charge in [-0.2, -0.15) is 0 Å². The molecule has 6 heteroatoms. The summed E-state index contributed by atoms with van der Waals surface area (Å²) in [6, 6.07) is 4.04. The predicted molar refractivity (Wildman–Crippen MR) is 88.8 cm³/mol. The van der Waals surface area contributed by atoms with Crippen LogP contribution in [0.5, 0.6) is 0 Å². The highest BCUT2D eigenvalue weighted by Gasteiger charge is 2.24. The Bertz CT molecular complexity index is 656. The summed E-state index contributed by atoms with van der Waals surface area (Å²) in [5.74, 6) is -1.25. The van der Waals surface area contributed by atoms with Crippen LogP contribution in [0.4, 0.5) is 10.1 Å². The molecule has 2 N–H and O–H groups in total. The Morgan fingerprint density at radius 2 is 1.74 bits per heavy atom. The van der Waals surface area contributed by atoms with Gasteiger partial charge in [0.15, 0.2) is 0 Å². The summed E-state index contributed by atoms with van der Waals surface area (Å²) in [4.78, 5) is 24.7. The number of hydrogen-bond acceptors (Lipinski definition) is 2. The molecule has 0 radical (unpaired) electrons. The number of amides is 2. The monoisotopic (exact) mass is 338 g/mol. The molecule has 1 aliphatic rings. The van der Waals surface area contributed by atoms with Gasteiger partial charge in [0.2, 0.25) is 5.91 Å². The maximum absolute atomic E-state index is 13.8. The molecular weight excluding hydrogens is 319 g/mol. The number of halogens is 2. The Hall–Kier alpha value is -1.88. The Balaban J connectivity index is 2.23. The fourth-order valence-corrected chi connectivity index (χ4v) is 2.70. The van der Waals surface area contributed by atoms with Crippen molar-refractivity contribution in [2.75, 3.05) is 5.32 Å². The highest BCUT2D eigenvalue weighted by Crippen LogP contribution is 2.27. The van der Waals surface area contributed by atoms with Crippen LogP contribution in [0.15, 0.2) is 29.3 Å². The van der Waals surface area contributed by atoms with Crippen LogP contribution in [0, 0.1) is 5.82 Å². The first kappa shape index (κ1) is 17.5. The molecule has 124 valence electrons. The van der Waals surface area contributed by atoms with Gasteiger partial charge in [0, 0.05) is 22.2 Å². The number of nitrogens with one attached hydrogen (secondary N) is 2. The number of carbonyl (C=O) groups excluding carboxylic acids is 2. The maximum atomic E-state index is 13.8. The van der Waals surface area contributed by atoms with Gasteiger partial charge in [0.05, 0.1) is 5.69 Å². The van der Waals surface area contributed by atoms with Crippen molar-refractivity contribution in [2.24, 2.45) is 0 Å². The number of hydrogen-bond donors (Lipinski definition) is 2. The molecule has 0 unspecified atom stereocenters. The number of carbonyl (C=O) groups is 2. The van der Waals surface area contributed by atoms with E-state index in [2.05, 4.69) is 10.6 Å². The lowest BCUT2D eigenvalue weighted by Crippen LogP contribution is -2.34. The molecule has 2 amide bonds. The molecule has 0 saturated carbocycles. The minimum Gasteiger partial charge on any atom is -0.350 e. The van der Waals surface area contributed by atoms with Crippen LogP contribution < -0.4 is 10.6 Å². The summed E-state index contributed by atoms with van der Waals surface area (Å²) in [7, 11) is 0. The lowest BCUT2D eigenvalue weighted by Gasteiger charge is -2.20. The second-order valence-electron chi connectivity index (χ2n) is 5.87. The number of anilines is 1. The largest absolute Gasteiger partial charge is 0.350 e. The van der Waals surface area contributed by atoms with Gasteiger partial charge in [0.1, 0.15) is 5.82 Å². The van der Waals surface area contributed by atoms with E-state index in [1.165, 1.54) is 12.1 Å². The van der Waals surface area contributed by atoms with Crippen molar-refractivity contribution in [1.29, 1.82) is 0 Å². The van der Waals surface area contributed by atoms with Crippen LogP contribution in [0.25, 0.3) is 0 Å². The van der Waals surface area contributed by atoms with Crippen molar-refractivity contribution in [2.45, 2.75) is 45.6 Å². The fraction of sp³-hybridized carbons (Fsp3) is 0.412. The van der Waals surface area contributed by atoms with E-state index >= 15 is 0 Å². The minimum atomic E-state index is -0.601. The van der Waals surface area contributed by atoms with Crippen molar-refractivity contribution in [3.8, 4) is 0 Å². The average Bonchev–Trinajstić information content (AvgIpc) is 2.49. The van der Waals surface area contributed by atoms with E-state index in [1.807, 2.05) is 13.8 Å². The molecule has 0 fully saturated rings. The van der Waals surface area contributed by atoms with Crippen molar-refractivity contribution < 1.29 is 14.0 Å². The second kappa shape index (κ2) is 7.59. The third-order valence-electron chi connectivity index (χ3n) is 3.62. The van der Waals surface area contributed by atoms with Gasteiger partial charge >= 0.3 is 0 Å². The van der Waals surface area contributed by atoms with Crippen molar-refractivity contribution >= 4 is 29.1 Å². The predicted octanol–water partition coefficient (Wildman–Crippen LogP) is 3.81. The number of benzene rings is 1. The van der Waals surface area contributed by atoms with Crippen LogP contribution in [0.1, 0.15) is 39.5 Å². The topological polar surface area (TPSA) is 58.2 Å². The lowest BCUT2D eigenvalue weighted by molar-refractivity contribution is -0.119. The van der Waals surface area contributed by atoms with E-state index in [-0.39, 0.29) is 22.7 Å². The molecule has 0 bridgehead atoms. The van der Waals surface area contributed by atoms with Gasteiger partial charge < -0.3 is 10.6 Å². The van der Waals surface area contributed by atoms with Crippen LogP contribution in [-0.2, 0) is 9.59 Å². The standard InChI is InChI=1S/C17H20ClFN2O2/c1-10(2)20-16(22)12-5-3-4-6-13(12)17(23)21-15-8-7-11(18)9-14(15)19/h7-10H,3-6H2,1-2H3,(H,20,22)(H,21,23). The third kappa shape index (κ3) is 4.55. The second-order valence-corrected chi connectivity index (χ2v) is 6.31. The summed E-state index contributed by atoms with van der Waals surface area (Å²) in [5.41, 5.74) is 0.988. The normalized spacial score (nSPS) is 14.8. The first-order chi connectivity index (χ1) is 10.9. The van der Waals surface area contributed by atoms with Gasteiger partial charge in [-0.05, 0) is 57.7 Å². The first-order valence-corrected chi connectivity index (χ1v) is 8.05. The van der Waals surface area contributed by atoms with Crippen molar-refractivity contribution in [1.82, 2.24) is 5.32 Å². The van der Waals surface area contributed by atoms with Crippen molar-refractivity contribution in [3.63, 3.8) is 0 Å². The Morgan fingerprint density at radius 1 is 1.13 bits per heavy atom. The highest BCUT2D eigenvalue weighted by atomic mass is 35.5. The molecule has 0 atom stereocenters. The summed E-state index contributed by atoms with van der Waals surface area (Å²) >= 11 is 5.70. The van der Waals surface area contributed by atoms with Crippen LogP contribution in [0.3, 0.4) is 0 Å².